The van der Waals surface area contributed by atoms with Crippen molar-refractivity contribution in [3.8, 4) is 11.1 Å². The summed E-state index contributed by atoms with van der Waals surface area (Å²) in [5.41, 5.74) is 5.66. The molecule has 0 N–H and O–H groups in total. The molecule has 6 heteroatoms. The van der Waals surface area contributed by atoms with Gasteiger partial charge in [-0.05, 0) is 52.9 Å². The van der Waals surface area contributed by atoms with E-state index in [1.807, 2.05) is 29.6 Å². The first-order valence-electron chi connectivity index (χ1n) is 10.2. The van der Waals surface area contributed by atoms with Crippen LogP contribution in [0.3, 0.4) is 0 Å². The van der Waals surface area contributed by atoms with Gasteiger partial charge in [0.05, 0.1) is 5.52 Å². The molecule has 5 rings (SSSR count). The van der Waals surface area contributed by atoms with Crippen molar-refractivity contribution < 1.29 is 0 Å². The van der Waals surface area contributed by atoms with E-state index in [0.717, 1.165) is 28.0 Å². The molecule has 3 aromatic carbocycles. The maximum Gasteiger partial charge on any atom is 0.257 e. The molecule has 0 aliphatic heterocycles. The summed E-state index contributed by atoms with van der Waals surface area (Å²) in [6, 6.07) is 23.0. The Bertz CT molecular complexity index is 1390. The van der Waals surface area contributed by atoms with Crippen molar-refractivity contribution in [3.05, 3.63) is 83.6 Å². The minimum Gasteiger partial charge on any atom is -0.329 e. The molecule has 5 nitrogen and oxygen atoms in total. The quantitative estimate of drug-likeness (QED) is 0.329. The number of aromatic nitrogens is 4. The van der Waals surface area contributed by atoms with E-state index in [9.17, 15) is 0 Å². The summed E-state index contributed by atoms with van der Waals surface area (Å²) >= 11 is 6.27. The van der Waals surface area contributed by atoms with Crippen molar-refractivity contribution in [1.29, 1.82) is 0 Å². The van der Waals surface area contributed by atoms with Gasteiger partial charge in [-0.3, -0.25) is 4.40 Å². The van der Waals surface area contributed by atoms with Crippen molar-refractivity contribution in [3.63, 3.8) is 0 Å². The maximum atomic E-state index is 6.27. The van der Waals surface area contributed by atoms with Crippen LogP contribution in [0, 0.1) is 0 Å². The molecule has 0 amide bonds. The van der Waals surface area contributed by atoms with Crippen molar-refractivity contribution in [1.82, 2.24) is 19.6 Å². The fraction of sp³-hybridized carbons (Fsp3) is 0.160. The summed E-state index contributed by atoms with van der Waals surface area (Å²) < 4.78 is 1.85. The summed E-state index contributed by atoms with van der Waals surface area (Å²) in [5.74, 6) is 1.86. The van der Waals surface area contributed by atoms with Crippen LogP contribution in [0.5, 0.6) is 0 Å². The van der Waals surface area contributed by atoms with Gasteiger partial charge >= 0.3 is 0 Å². The zero-order valence-corrected chi connectivity index (χ0v) is 18.4. The number of fused-ring (bicyclic) bond motifs is 3. The molecule has 0 aliphatic carbocycles. The first kappa shape index (κ1) is 19.5. The molecule has 0 saturated heterocycles. The second-order valence-electron chi connectivity index (χ2n) is 7.98. The third-order valence-corrected chi connectivity index (χ3v) is 5.89. The lowest BCUT2D eigenvalue weighted by atomic mass is 9.98. The molecule has 0 aliphatic rings. The van der Waals surface area contributed by atoms with Crippen LogP contribution in [0.25, 0.3) is 27.8 Å². The van der Waals surface area contributed by atoms with E-state index in [1.54, 1.807) is 6.33 Å². The normalized spacial score (nSPS) is 11.5. The van der Waals surface area contributed by atoms with Crippen LogP contribution in [0.1, 0.15) is 25.3 Å². The van der Waals surface area contributed by atoms with E-state index in [4.69, 9.17) is 16.6 Å². The van der Waals surface area contributed by atoms with E-state index >= 15 is 0 Å². The van der Waals surface area contributed by atoms with E-state index < -0.39 is 0 Å². The van der Waals surface area contributed by atoms with E-state index in [-0.39, 0.29) is 0 Å². The average Bonchev–Trinajstić information content (AvgIpc) is 3.27. The Balaban J connectivity index is 1.60. The molecule has 0 atom stereocenters. The summed E-state index contributed by atoms with van der Waals surface area (Å²) in [5, 5.41) is 9.81. The monoisotopic (exact) mass is 427 g/mol. The molecule has 0 fully saturated rings. The molecule has 0 unspecified atom stereocenters. The molecule has 154 valence electrons. The number of rotatable bonds is 4. The summed E-state index contributed by atoms with van der Waals surface area (Å²) in [4.78, 5) is 6.86. The van der Waals surface area contributed by atoms with Crippen molar-refractivity contribution >= 4 is 39.8 Å². The average molecular weight is 428 g/mol. The van der Waals surface area contributed by atoms with Gasteiger partial charge in [-0.15, -0.1) is 10.2 Å². The van der Waals surface area contributed by atoms with Gasteiger partial charge < -0.3 is 4.90 Å². The number of nitrogens with zero attached hydrogens (tertiary/aromatic N) is 5. The Kier molecular flexibility index (Phi) is 4.83. The molecule has 5 aromatic rings. The smallest absolute Gasteiger partial charge is 0.257 e. The highest BCUT2D eigenvalue weighted by molar-refractivity contribution is 6.31. The van der Waals surface area contributed by atoms with Crippen LogP contribution < -0.4 is 4.90 Å². The maximum absolute atomic E-state index is 6.27. The Labute approximate surface area is 185 Å². The van der Waals surface area contributed by atoms with Gasteiger partial charge in [0.15, 0.2) is 0 Å². The molecular formula is C25H22ClN5. The third-order valence-electron chi connectivity index (χ3n) is 5.66. The summed E-state index contributed by atoms with van der Waals surface area (Å²) in [7, 11) is 2.02. The highest BCUT2D eigenvalue weighted by Gasteiger charge is 2.15. The number of halogens is 1. The van der Waals surface area contributed by atoms with Gasteiger partial charge in [0.1, 0.15) is 12.1 Å². The van der Waals surface area contributed by atoms with Crippen LogP contribution in [-0.2, 0) is 0 Å². The summed E-state index contributed by atoms with van der Waals surface area (Å²) in [6.07, 6.45) is 1.66. The molecular weight excluding hydrogens is 406 g/mol. The first-order chi connectivity index (χ1) is 15.0. The Morgan fingerprint density at radius 2 is 1.74 bits per heavy atom. The lowest BCUT2D eigenvalue weighted by molar-refractivity contribution is 0.867. The molecule has 0 spiro atoms. The van der Waals surface area contributed by atoms with Crippen LogP contribution in [-0.4, -0.2) is 26.6 Å². The zero-order chi connectivity index (χ0) is 21.5. The number of hydrogen-bond donors (Lipinski definition) is 0. The van der Waals surface area contributed by atoms with Gasteiger partial charge in [0, 0.05) is 23.1 Å². The SMILES string of the molecule is CC(C)c1ccc(-c2cccc(N(C)c3nc4nncn4c4cc(Cl)ccc34)c2)cc1. The van der Waals surface area contributed by atoms with Gasteiger partial charge in [-0.25, -0.2) is 0 Å². The van der Waals surface area contributed by atoms with E-state index in [0.29, 0.717) is 16.7 Å². The molecule has 2 aromatic heterocycles. The molecule has 0 bridgehead atoms. The Morgan fingerprint density at radius 3 is 2.52 bits per heavy atom. The predicted molar refractivity (Wildman–Crippen MR) is 127 cm³/mol. The minimum absolute atomic E-state index is 0.520. The predicted octanol–water partition coefficient (Wildman–Crippen LogP) is 6.49. The van der Waals surface area contributed by atoms with E-state index in [2.05, 4.69) is 77.5 Å². The topological polar surface area (TPSA) is 46.3 Å². The number of anilines is 2. The Morgan fingerprint density at radius 1 is 0.935 bits per heavy atom. The van der Waals surface area contributed by atoms with Crippen LogP contribution in [0.2, 0.25) is 5.02 Å². The van der Waals surface area contributed by atoms with Crippen LogP contribution in [0.15, 0.2) is 73.1 Å². The molecule has 31 heavy (non-hydrogen) atoms. The third kappa shape index (κ3) is 3.51. The van der Waals surface area contributed by atoms with Gasteiger partial charge in [-0.1, -0.05) is 61.8 Å². The highest BCUT2D eigenvalue weighted by Crippen LogP contribution is 2.33. The van der Waals surface area contributed by atoms with Crippen molar-refractivity contribution in [2.75, 3.05) is 11.9 Å². The number of hydrogen-bond acceptors (Lipinski definition) is 4. The van der Waals surface area contributed by atoms with Crippen molar-refractivity contribution in [2.24, 2.45) is 0 Å². The van der Waals surface area contributed by atoms with Gasteiger partial charge in [0.2, 0.25) is 0 Å². The largest absolute Gasteiger partial charge is 0.329 e. The lowest BCUT2D eigenvalue weighted by Crippen LogP contribution is -2.13. The standard InChI is InChI=1S/C25H22ClN5/c1-16(2)17-7-9-18(10-8-17)19-5-4-6-21(13-19)30(3)24-22-12-11-20(26)14-23(22)31-15-27-29-25(31)28-24/h4-16H,1-3H3. The number of benzene rings is 3. The zero-order valence-electron chi connectivity index (χ0n) is 17.6. The minimum atomic E-state index is 0.520. The van der Waals surface area contributed by atoms with E-state index in [1.165, 1.54) is 11.1 Å². The van der Waals surface area contributed by atoms with Gasteiger partial charge in [0.25, 0.3) is 5.78 Å². The molecule has 0 radical (unpaired) electrons. The molecule has 0 saturated carbocycles. The van der Waals surface area contributed by atoms with Crippen LogP contribution in [0.4, 0.5) is 11.5 Å². The first-order valence-corrected chi connectivity index (χ1v) is 10.6. The second kappa shape index (κ2) is 7.67. The fourth-order valence-corrected chi connectivity index (χ4v) is 4.02. The fourth-order valence-electron chi connectivity index (χ4n) is 3.86. The van der Waals surface area contributed by atoms with Crippen LogP contribution >= 0.6 is 11.6 Å². The second-order valence-corrected chi connectivity index (χ2v) is 8.42. The summed E-state index contributed by atoms with van der Waals surface area (Å²) in [6.45, 7) is 4.42. The highest BCUT2D eigenvalue weighted by atomic mass is 35.5. The molecule has 2 heterocycles. The Hall–Kier alpha value is -3.44. The van der Waals surface area contributed by atoms with Crippen molar-refractivity contribution in [2.45, 2.75) is 19.8 Å². The lowest BCUT2D eigenvalue weighted by Gasteiger charge is -2.21. The van der Waals surface area contributed by atoms with Gasteiger partial charge in [-0.2, -0.15) is 4.98 Å².